The van der Waals surface area contributed by atoms with Crippen LogP contribution in [0.3, 0.4) is 0 Å². The second-order valence-corrected chi connectivity index (χ2v) is 9.24. The Labute approximate surface area is 186 Å². The van der Waals surface area contributed by atoms with E-state index in [1.165, 1.54) is 11.3 Å². The molecule has 2 N–H and O–H groups in total. The van der Waals surface area contributed by atoms with E-state index in [2.05, 4.69) is 21.2 Å². The average Bonchev–Trinajstić information content (AvgIpc) is 3.31. The molecule has 160 valence electrons. The van der Waals surface area contributed by atoms with Crippen LogP contribution in [0.2, 0.25) is 0 Å². The lowest BCUT2D eigenvalue weighted by atomic mass is 10.0. The third-order valence-corrected chi connectivity index (χ3v) is 6.58. The third kappa shape index (κ3) is 4.91. The van der Waals surface area contributed by atoms with Gasteiger partial charge in [0, 0.05) is 5.56 Å². The van der Waals surface area contributed by atoms with Crippen LogP contribution < -0.4 is 5.32 Å². The first-order valence-corrected chi connectivity index (χ1v) is 11.2. The van der Waals surface area contributed by atoms with Crippen LogP contribution in [0.25, 0.3) is 11.1 Å². The number of rotatable bonds is 7. The maximum Gasteiger partial charge on any atom is 0.341 e. The lowest BCUT2D eigenvalue weighted by Crippen LogP contribution is -2.38. The highest BCUT2D eigenvalue weighted by Crippen LogP contribution is 2.44. The standard InChI is InChI=1S/C21H22BrNO6S/c1-2-28-19(25)16-15(13-8-4-3-5-9-13)17(22)30-18(16)23-14(24)12-29-20(26)21(27)10-6-7-11-21/h3-5,8-9,27H,2,6-7,10-12H2,1H3,(H,23,24). The zero-order chi connectivity index (χ0) is 21.7. The predicted octanol–water partition coefficient (Wildman–Crippen LogP) is 4.14. The first-order chi connectivity index (χ1) is 14.4. The van der Waals surface area contributed by atoms with Crippen LogP contribution in [0.4, 0.5) is 5.00 Å². The van der Waals surface area contributed by atoms with E-state index in [-0.39, 0.29) is 12.2 Å². The van der Waals surface area contributed by atoms with Gasteiger partial charge in [-0.15, -0.1) is 11.3 Å². The number of hydrogen-bond donors (Lipinski definition) is 2. The molecule has 1 aromatic carbocycles. The minimum Gasteiger partial charge on any atom is -0.462 e. The van der Waals surface area contributed by atoms with Gasteiger partial charge in [0.25, 0.3) is 5.91 Å². The van der Waals surface area contributed by atoms with Crippen molar-refractivity contribution >= 4 is 50.1 Å². The molecule has 0 unspecified atom stereocenters. The number of benzene rings is 1. The first kappa shape index (κ1) is 22.5. The molecule has 0 bridgehead atoms. The fraction of sp³-hybridized carbons (Fsp3) is 0.381. The van der Waals surface area contributed by atoms with Crippen molar-refractivity contribution in [2.24, 2.45) is 0 Å². The number of aliphatic hydroxyl groups is 1. The van der Waals surface area contributed by atoms with Gasteiger partial charge in [-0.2, -0.15) is 0 Å². The molecule has 30 heavy (non-hydrogen) atoms. The summed E-state index contributed by atoms with van der Waals surface area (Å²) in [6.45, 7) is 1.33. The van der Waals surface area contributed by atoms with Crippen LogP contribution in [0.1, 0.15) is 43.0 Å². The number of ether oxygens (including phenoxy) is 2. The van der Waals surface area contributed by atoms with E-state index in [4.69, 9.17) is 9.47 Å². The van der Waals surface area contributed by atoms with E-state index in [0.29, 0.717) is 27.2 Å². The Balaban J connectivity index is 1.79. The lowest BCUT2D eigenvalue weighted by Gasteiger charge is -2.19. The predicted molar refractivity (Wildman–Crippen MR) is 116 cm³/mol. The Morgan fingerprint density at radius 3 is 2.47 bits per heavy atom. The maximum absolute atomic E-state index is 12.6. The summed E-state index contributed by atoms with van der Waals surface area (Å²) in [6, 6.07) is 9.26. The number of hydrogen-bond acceptors (Lipinski definition) is 7. The number of thiophene rings is 1. The monoisotopic (exact) mass is 495 g/mol. The molecule has 7 nitrogen and oxygen atoms in total. The quantitative estimate of drug-likeness (QED) is 0.559. The van der Waals surface area contributed by atoms with Gasteiger partial charge in [-0.05, 0) is 54.1 Å². The third-order valence-electron chi connectivity index (χ3n) is 4.81. The van der Waals surface area contributed by atoms with Crippen molar-refractivity contribution in [2.75, 3.05) is 18.5 Å². The lowest BCUT2D eigenvalue weighted by molar-refractivity contribution is -0.166. The number of carbonyl (C=O) groups excluding carboxylic acids is 3. The highest BCUT2D eigenvalue weighted by Gasteiger charge is 2.40. The Morgan fingerprint density at radius 2 is 1.83 bits per heavy atom. The molecule has 1 heterocycles. The number of carbonyl (C=O) groups is 3. The van der Waals surface area contributed by atoms with Crippen LogP contribution in [0.5, 0.6) is 0 Å². The van der Waals surface area contributed by atoms with Crippen molar-refractivity contribution in [1.82, 2.24) is 0 Å². The zero-order valence-corrected chi connectivity index (χ0v) is 18.8. The van der Waals surface area contributed by atoms with E-state index in [1.54, 1.807) is 6.92 Å². The minimum absolute atomic E-state index is 0.185. The van der Waals surface area contributed by atoms with Crippen LogP contribution >= 0.6 is 27.3 Å². The number of esters is 2. The summed E-state index contributed by atoms with van der Waals surface area (Å²) in [5, 5.41) is 13.2. The van der Waals surface area contributed by atoms with E-state index in [0.717, 1.165) is 18.4 Å². The maximum atomic E-state index is 12.6. The number of nitrogens with one attached hydrogen (secondary N) is 1. The molecule has 0 aliphatic heterocycles. The summed E-state index contributed by atoms with van der Waals surface area (Å²) >= 11 is 4.64. The van der Waals surface area contributed by atoms with Gasteiger partial charge in [-0.1, -0.05) is 30.3 Å². The summed E-state index contributed by atoms with van der Waals surface area (Å²) in [6.07, 6.45) is 2.15. The average molecular weight is 496 g/mol. The van der Waals surface area contributed by atoms with Gasteiger partial charge in [0.2, 0.25) is 0 Å². The van der Waals surface area contributed by atoms with Crippen LogP contribution in [-0.4, -0.2) is 41.8 Å². The van der Waals surface area contributed by atoms with Crippen molar-refractivity contribution in [1.29, 1.82) is 0 Å². The summed E-state index contributed by atoms with van der Waals surface area (Å²) < 4.78 is 10.8. The molecule has 3 rings (SSSR count). The molecule has 0 spiro atoms. The number of halogens is 1. The molecule has 2 aromatic rings. The van der Waals surface area contributed by atoms with Gasteiger partial charge in [0.05, 0.1) is 10.4 Å². The van der Waals surface area contributed by atoms with Gasteiger partial charge in [-0.25, -0.2) is 9.59 Å². The van der Waals surface area contributed by atoms with Crippen LogP contribution in [0.15, 0.2) is 34.1 Å². The minimum atomic E-state index is -1.51. The van der Waals surface area contributed by atoms with Crippen molar-refractivity contribution in [2.45, 2.75) is 38.2 Å². The van der Waals surface area contributed by atoms with Crippen molar-refractivity contribution in [3.8, 4) is 11.1 Å². The number of amides is 1. The Kier molecular flexibility index (Phi) is 7.27. The normalized spacial score (nSPS) is 14.9. The second-order valence-electron chi connectivity index (χ2n) is 6.90. The molecule has 1 amide bonds. The van der Waals surface area contributed by atoms with Crippen molar-refractivity contribution in [3.05, 3.63) is 39.7 Å². The molecule has 0 atom stereocenters. The van der Waals surface area contributed by atoms with Crippen molar-refractivity contribution < 1.29 is 29.0 Å². The molecule has 9 heteroatoms. The fourth-order valence-electron chi connectivity index (χ4n) is 3.34. The summed E-state index contributed by atoms with van der Waals surface area (Å²) in [5.74, 6) is -1.96. The van der Waals surface area contributed by atoms with Gasteiger partial charge in [0.1, 0.15) is 10.6 Å². The summed E-state index contributed by atoms with van der Waals surface area (Å²) in [5.41, 5.74) is 0.128. The van der Waals surface area contributed by atoms with Crippen LogP contribution in [0, 0.1) is 0 Å². The van der Waals surface area contributed by atoms with E-state index in [1.807, 2.05) is 30.3 Å². The SMILES string of the molecule is CCOC(=O)c1c(NC(=O)COC(=O)C2(O)CCCC2)sc(Br)c1-c1ccccc1. The smallest absolute Gasteiger partial charge is 0.341 e. The largest absolute Gasteiger partial charge is 0.462 e. The Bertz CT molecular complexity index is 936. The Hall–Kier alpha value is -2.23. The molecule has 0 radical (unpaired) electrons. The van der Waals surface area contributed by atoms with E-state index < -0.39 is 30.1 Å². The Morgan fingerprint density at radius 1 is 1.17 bits per heavy atom. The van der Waals surface area contributed by atoms with Crippen LogP contribution in [-0.2, 0) is 19.1 Å². The molecule has 1 aliphatic carbocycles. The molecule has 0 saturated heterocycles. The number of anilines is 1. The highest BCUT2D eigenvalue weighted by atomic mass is 79.9. The zero-order valence-electron chi connectivity index (χ0n) is 16.4. The van der Waals surface area contributed by atoms with Gasteiger partial charge < -0.3 is 19.9 Å². The highest BCUT2D eigenvalue weighted by molar-refractivity contribution is 9.11. The van der Waals surface area contributed by atoms with Gasteiger partial charge in [-0.3, -0.25) is 4.79 Å². The second kappa shape index (κ2) is 9.72. The first-order valence-electron chi connectivity index (χ1n) is 9.60. The van der Waals surface area contributed by atoms with E-state index >= 15 is 0 Å². The molecular formula is C21H22BrNO6S. The topological polar surface area (TPSA) is 102 Å². The van der Waals surface area contributed by atoms with E-state index in [9.17, 15) is 19.5 Å². The summed E-state index contributed by atoms with van der Waals surface area (Å²) in [7, 11) is 0. The van der Waals surface area contributed by atoms with Gasteiger partial charge >= 0.3 is 11.9 Å². The van der Waals surface area contributed by atoms with Crippen molar-refractivity contribution in [3.63, 3.8) is 0 Å². The summed E-state index contributed by atoms with van der Waals surface area (Å²) in [4.78, 5) is 37.1. The molecule has 1 fully saturated rings. The molecule has 1 aliphatic rings. The van der Waals surface area contributed by atoms with Gasteiger partial charge in [0.15, 0.2) is 12.2 Å². The molecular weight excluding hydrogens is 474 g/mol. The molecule has 1 aromatic heterocycles. The molecule has 1 saturated carbocycles. The fourth-order valence-corrected chi connectivity index (χ4v) is 5.21.